The van der Waals surface area contributed by atoms with Crippen LogP contribution in [0.1, 0.15) is 45.6 Å². The van der Waals surface area contributed by atoms with Gasteiger partial charge in [-0.15, -0.1) is 0 Å². The van der Waals surface area contributed by atoms with E-state index in [9.17, 15) is 22.8 Å². The van der Waals surface area contributed by atoms with E-state index in [0.717, 1.165) is 10.5 Å². The zero-order valence-electron chi connectivity index (χ0n) is 15.8. The number of nitrogens with one attached hydrogen (secondary N) is 1. The Morgan fingerprint density at radius 2 is 1.81 bits per heavy atom. The van der Waals surface area contributed by atoms with Crippen LogP contribution in [0.5, 0.6) is 0 Å². The van der Waals surface area contributed by atoms with E-state index >= 15 is 0 Å². The normalized spacial score (nSPS) is 23.9. The first-order valence-corrected chi connectivity index (χ1v) is 8.79. The van der Waals surface area contributed by atoms with Gasteiger partial charge in [-0.3, -0.25) is 4.79 Å². The number of hydrogen-bond donors (Lipinski definition) is 1. The summed E-state index contributed by atoms with van der Waals surface area (Å²) >= 11 is 0. The third-order valence-corrected chi connectivity index (χ3v) is 4.41. The van der Waals surface area contributed by atoms with Gasteiger partial charge in [-0.05, 0) is 39.7 Å². The van der Waals surface area contributed by atoms with Crippen molar-refractivity contribution < 1.29 is 27.5 Å². The number of carbonyl (C=O) groups is 2. The number of ether oxygens (including phenoxy) is 1. The monoisotopic (exact) mass is 386 g/mol. The molecule has 8 heteroatoms. The van der Waals surface area contributed by atoms with Crippen LogP contribution in [-0.4, -0.2) is 47.3 Å². The number of carbonyl (C=O) groups excluding carboxylic acids is 2. The molecule has 1 fully saturated rings. The molecule has 0 aromatic heterocycles. The summed E-state index contributed by atoms with van der Waals surface area (Å²) in [5.74, 6) is -1.09. The third-order valence-electron chi connectivity index (χ3n) is 4.41. The summed E-state index contributed by atoms with van der Waals surface area (Å²) in [5, 5.41) is 2.44. The molecule has 2 rings (SSSR count). The Labute approximate surface area is 156 Å². The minimum Gasteiger partial charge on any atom is -0.444 e. The number of alkyl halides is 3. The molecule has 0 unspecified atom stereocenters. The maximum Gasteiger partial charge on any atom is 0.408 e. The molecule has 0 saturated carbocycles. The summed E-state index contributed by atoms with van der Waals surface area (Å²) in [6, 6.07) is 7.29. The fourth-order valence-electron chi connectivity index (χ4n) is 3.27. The van der Waals surface area contributed by atoms with Gasteiger partial charge in [-0.1, -0.05) is 30.3 Å². The van der Waals surface area contributed by atoms with Crippen molar-refractivity contribution in [3.05, 3.63) is 35.9 Å². The van der Waals surface area contributed by atoms with E-state index in [4.69, 9.17) is 4.74 Å². The van der Waals surface area contributed by atoms with Crippen molar-refractivity contribution in [3.63, 3.8) is 0 Å². The lowest BCUT2D eigenvalue weighted by molar-refractivity contribution is -0.170. The van der Waals surface area contributed by atoms with E-state index in [1.807, 2.05) is 18.2 Å². The molecule has 0 radical (unpaired) electrons. The molecule has 1 aromatic carbocycles. The fraction of sp³-hybridized carbons (Fsp3) is 0.579. The molecular formula is C19H25F3N2O3. The van der Waals surface area contributed by atoms with Gasteiger partial charge < -0.3 is 15.0 Å². The second kappa shape index (κ2) is 7.78. The van der Waals surface area contributed by atoms with Crippen LogP contribution in [0.15, 0.2) is 30.3 Å². The summed E-state index contributed by atoms with van der Waals surface area (Å²) < 4.78 is 44.2. The molecule has 1 aliphatic heterocycles. The number of alkyl carbamates (subject to hydrolysis) is 1. The molecule has 1 aliphatic rings. The topological polar surface area (TPSA) is 58.6 Å². The Balaban J connectivity index is 2.27. The van der Waals surface area contributed by atoms with Gasteiger partial charge in [-0.25, -0.2) is 4.79 Å². The molecule has 0 bridgehead atoms. The maximum absolute atomic E-state index is 13.0. The number of likely N-dealkylation sites (tertiary alicyclic amines) is 1. The van der Waals surface area contributed by atoms with Gasteiger partial charge in [-0.2, -0.15) is 13.2 Å². The molecular weight excluding hydrogens is 361 g/mol. The Bertz CT molecular complexity index is 671. The average Bonchev–Trinajstić information content (AvgIpc) is 2.52. The van der Waals surface area contributed by atoms with Gasteiger partial charge in [0.05, 0.1) is 0 Å². The lowest BCUT2D eigenvalue weighted by Gasteiger charge is -2.43. The second-order valence-electron chi connectivity index (χ2n) is 7.77. The van der Waals surface area contributed by atoms with Crippen LogP contribution in [0.3, 0.4) is 0 Å². The summed E-state index contributed by atoms with van der Waals surface area (Å²) in [5.41, 5.74) is 0.0419. The van der Waals surface area contributed by atoms with Gasteiger partial charge in [0.2, 0.25) is 5.91 Å². The van der Waals surface area contributed by atoms with Crippen molar-refractivity contribution in [3.8, 4) is 0 Å². The minimum atomic E-state index is -4.53. The number of piperidine rings is 1. The van der Waals surface area contributed by atoms with Crippen LogP contribution in [0, 0.1) is 0 Å². The highest BCUT2D eigenvalue weighted by Crippen LogP contribution is 2.35. The number of amides is 2. The van der Waals surface area contributed by atoms with E-state index in [-0.39, 0.29) is 12.3 Å². The summed E-state index contributed by atoms with van der Waals surface area (Å²) in [7, 11) is 0. The summed E-state index contributed by atoms with van der Waals surface area (Å²) in [6.07, 6.45) is -5.15. The van der Waals surface area contributed by atoms with Crippen molar-refractivity contribution >= 4 is 12.0 Å². The van der Waals surface area contributed by atoms with Gasteiger partial charge in [0.1, 0.15) is 18.2 Å². The van der Waals surface area contributed by atoms with Crippen LogP contribution >= 0.6 is 0 Å². The number of benzene rings is 1. The Morgan fingerprint density at radius 3 is 2.33 bits per heavy atom. The lowest BCUT2D eigenvalue weighted by atomic mass is 9.82. The van der Waals surface area contributed by atoms with Gasteiger partial charge in [0, 0.05) is 12.0 Å². The van der Waals surface area contributed by atoms with E-state index in [0.29, 0.717) is 0 Å². The minimum absolute atomic E-state index is 0.206. The molecule has 150 valence electrons. The number of hydrogen-bond acceptors (Lipinski definition) is 3. The van der Waals surface area contributed by atoms with Gasteiger partial charge in [0.15, 0.2) is 0 Å². The van der Waals surface area contributed by atoms with Crippen molar-refractivity contribution in [1.29, 1.82) is 0 Å². The molecule has 1 aromatic rings. The number of rotatable bonds is 3. The molecule has 5 nitrogen and oxygen atoms in total. The first-order valence-electron chi connectivity index (χ1n) is 8.79. The first kappa shape index (κ1) is 21.1. The Morgan fingerprint density at radius 1 is 1.22 bits per heavy atom. The first-order chi connectivity index (χ1) is 12.4. The Hall–Kier alpha value is -2.25. The SMILES string of the molecule is C[C@@H]1[C@H](c2ccccc2)C[C@H](NC(=O)OC(C)(C)C)C(=O)N1CC(F)(F)F. The fourth-order valence-corrected chi connectivity index (χ4v) is 3.27. The van der Waals surface area contributed by atoms with E-state index < -0.39 is 42.4 Å². The third kappa shape index (κ3) is 5.87. The molecule has 0 spiro atoms. The predicted molar refractivity (Wildman–Crippen MR) is 94.2 cm³/mol. The smallest absolute Gasteiger partial charge is 0.408 e. The lowest BCUT2D eigenvalue weighted by Crippen LogP contribution is -2.60. The van der Waals surface area contributed by atoms with Crippen LogP contribution < -0.4 is 5.32 Å². The highest BCUT2D eigenvalue weighted by atomic mass is 19.4. The molecule has 1 saturated heterocycles. The highest BCUT2D eigenvalue weighted by Gasteiger charge is 2.45. The quantitative estimate of drug-likeness (QED) is 0.859. The molecule has 0 aliphatic carbocycles. The standard InChI is InChI=1S/C19H25F3N2O3/c1-12-14(13-8-6-5-7-9-13)10-15(23-17(26)27-18(2,3)4)16(25)24(12)11-19(20,21)22/h5-9,12,14-15H,10-11H2,1-4H3,(H,23,26)/t12-,14-,15+/m1/s1. The second-order valence-corrected chi connectivity index (χ2v) is 7.77. The van der Waals surface area contributed by atoms with Gasteiger partial charge in [0.25, 0.3) is 0 Å². The van der Waals surface area contributed by atoms with Crippen molar-refractivity contribution in [2.75, 3.05) is 6.54 Å². The van der Waals surface area contributed by atoms with Crippen molar-refractivity contribution in [1.82, 2.24) is 10.2 Å². The van der Waals surface area contributed by atoms with Crippen LogP contribution in [0.2, 0.25) is 0 Å². The largest absolute Gasteiger partial charge is 0.444 e. The molecule has 27 heavy (non-hydrogen) atoms. The number of halogens is 3. The zero-order chi connectivity index (χ0) is 20.4. The molecule has 3 atom stereocenters. The van der Waals surface area contributed by atoms with E-state index in [1.165, 1.54) is 0 Å². The predicted octanol–water partition coefficient (Wildman–Crippen LogP) is 3.85. The number of nitrogens with zero attached hydrogens (tertiary/aromatic N) is 1. The van der Waals surface area contributed by atoms with E-state index in [1.54, 1.807) is 39.8 Å². The summed E-state index contributed by atoms with van der Waals surface area (Å²) in [4.78, 5) is 25.5. The van der Waals surface area contributed by atoms with E-state index in [2.05, 4.69) is 5.32 Å². The highest BCUT2D eigenvalue weighted by molar-refractivity contribution is 5.87. The average molecular weight is 386 g/mol. The van der Waals surface area contributed by atoms with Crippen molar-refractivity contribution in [2.45, 2.75) is 63.9 Å². The van der Waals surface area contributed by atoms with Crippen LogP contribution in [-0.2, 0) is 9.53 Å². The zero-order valence-corrected chi connectivity index (χ0v) is 15.8. The maximum atomic E-state index is 13.0. The summed E-state index contributed by atoms with van der Waals surface area (Å²) in [6.45, 7) is 5.24. The molecule has 1 heterocycles. The molecule has 1 N–H and O–H groups in total. The van der Waals surface area contributed by atoms with Crippen LogP contribution in [0.25, 0.3) is 0 Å². The van der Waals surface area contributed by atoms with Crippen LogP contribution in [0.4, 0.5) is 18.0 Å². The van der Waals surface area contributed by atoms with Gasteiger partial charge >= 0.3 is 12.3 Å². The molecule has 2 amide bonds. The van der Waals surface area contributed by atoms with Crippen molar-refractivity contribution in [2.24, 2.45) is 0 Å². The Kier molecular flexibility index (Phi) is 6.07.